The summed E-state index contributed by atoms with van der Waals surface area (Å²) in [6, 6.07) is 13.0. The second-order valence-electron chi connectivity index (χ2n) is 5.86. The van der Waals surface area contributed by atoms with E-state index in [9.17, 15) is 4.79 Å². The molecule has 0 aliphatic rings. The van der Waals surface area contributed by atoms with Gasteiger partial charge in [-0.3, -0.25) is 4.79 Å². The minimum absolute atomic E-state index is 0.108. The Labute approximate surface area is 166 Å². The molecular formula is C20H21ClN2O3S. The lowest BCUT2D eigenvalue weighted by atomic mass is 10.2. The van der Waals surface area contributed by atoms with E-state index in [-0.39, 0.29) is 12.5 Å². The fraction of sp³-hybridized carbons (Fsp3) is 0.300. The van der Waals surface area contributed by atoms with Gasteiger partial charge in [0.25, 0.3) is 5.91 Å². The van der Waals surface area contributed by atoms with Crippen molar-refractivity contribution in [1.29, 1.82) is 0 Å². The molecule has 0 atom stereocenters. The lowest BCUT2D eigenvalue weighted by Gasteiger charge is -2.08. The van der Waals surface area contributed by atoms with Gasteiger partial charge in [0, 0.05) is 18.2 Å². The average molecular weight is 405 g/mol. The van der Waals surface area contributed by atoms with Crippen molar-refractivity contribution in [2.45, 2.75) is 20.4 Å². The second kappa shape index (κ2) is 9.17. The molecule has 0 saturated carbocycles. The number of nitrogens with zero attached hydrogens (tertiary/aromatic N) is 2. The first-order chi connectivity index (χ1) is 13.1. The largest absolute Gasteiger partial charge is 0.484 e. The van der Waals surface area contributed by atoms with Gasteiger partial charge in [0.1, 0.15) is 5.75 Å². The summed E-state index contributed by atoms with van der Waals surface area (Å²) in [7, 11) is 0. The van der Waals surface area contributed by atoms with Crippen molar-refractivity contribution >= 4 is 39.1 Å². The maximum absolute atomic E-state index is 12.3. The van der Waals surface area contributed by atoms with Crippen LogP contribution in [0.1, 0.15) is 12.5 Å². The Bertz CT molecular complexity index is 996. The van der Waals surface area contributed by atoms with Crippen LogP contribution >= 0.6 is 22.9 Å². The van der Waals surface area contributed by atoms with Gasteiger partial charge >= 0.3 is 0 Å². The van der Waals surface area contributed by atoms with Crippen LogP contribution < -0.4 is 9.54 Å². The zero-order valence-electron chi connectivity index (χ0n) is 15.3. The Morgan fingerprint density at radius 3 is 2.74 bits per heavy atom. The Kier molecular flexibility index (Phi) is 6.66. The first kappa shape index (κ1) is 19.6. The summed E-state index contributed by atoms with van der Waals surface area (Å²) in [6.45, 7) is 5.59. The third kappa shape index (κ3) is 4.77. The normalized spacial score (nSPS) is 11.9. The number of para-hydroxylation sites is 1. The van der Waals surface area contributed by atoms with Crippen LogP contribution in [0.3, 0.4) is 0 Å². The Balaban J connectivity index is 1.91. The van der Waals surface area contributed by atoms with Crippen LogP contribution in [0.5, 0.6) is 5.75 Å². The SMILES string of the molecule is CCOCCn1c(=NC(=O)COc2ccccc2)sc2ccc(Cl)c(C)c21. The summed E-state index contributed by atoms with van der Waals surface area (Å²) >= 11 is 7.76. The molecular weight excluding hydrogens is 384 g/mol. The number of fused-ring (bicyclic) bond motifs is 1. The summed E-state index contributed by atoms with van der Waals surface area (Å²) in [6.07, 6.45) is 0. The Hall–Kier alpha value is -2.15. The van der Waals surface area contributed by atoms with Crippen molar-refractivity contribution in [2.24, 2.45) is 4.99 Å². The van der Waals surface area contributed by atoms with Crippen molar-refractivity contribution < 1.29 is 14.3 Å². The zero-order chi connectivity index (χ0) is 19.2. The highest BCUT2D eigenvalue weighted by atomic mass is 35.5. The second-order valence-corrected chi connectivity index (χ2v) is 7.28. The van der Waals surface area contributed by atoms with Gasteiger partial charge in [-0.1, -0.05) is 41.1 Å². The predicted molar refractivity (Wildman–Crippen MR) is 109 cm³/mol. The molecule has 3 rings (SSSR count). The number of aromatic nitrogens is 1. The first-order valence-corrected chi connectivity index (χ1v) is 9.91. The number of hydrogen-bond acceptors (Lipinski definition) is 4. The van der Waals surface area contributed by atoms with E-state index in [2.05, 4.69) is 4.99 Å². The summed E-state index contributed by atoms with van der Waals surface area (Å²) in [5.74, 6) is 0.309. The van der Waals surface area contributed by atoms with E-state index in [1.165, 1.54) is 11.3 Å². The summed E-state index contributed by atoms with van der Waals surface area (Å²) in [5.41, 5.74) is 1.96. The van der Waals surface area contributed by atoms with Crippen LogP contribution in [-0.4, -0.2) is 30.3 Å². The molecule has 0 aliphatic heterocycles. The molecule has 2 aromatic carbocycles. The minimum atomic E-state index is -0.334. The molecule has 7 heteroatoms. The van der Waals surface area contributed by atoms with Gasteiger partial charge in [-0.05, 0) is 43.7 Å². The van der Waals surface area contributed by atoms with E-state index in [4.69, 9.17) is 21.1 Å². The third-order valence-corrected chi connectivity index (χ3v) is 5.47. The average Bonchev–Trinajstić information content (AvgIpc) is 3.02. The number of rotatable bonds is 7. The van der Waals surface area contributed by atoms with Crippen LogP contribution in [0.2, 0.25) is 5.02 Å². The number of halogens is 1. The zero-order valence-corrected chi connectivity index (χ0v) is 16.8. The van der Waals surface area contributed by atoms with Gasteiger partial charge in [0.2, 0.25) is 0 Å². The van der Waals surface area contributed by atoms with Crippen LogP contribution in [0.4, 0.5) is 0 Å². The van der Waals surface area contributed by atoms with Gasteiger partial charge in [-0.2, -0.15) is 4.99 Å². The van der Waals surface area contributed by atoms with Crippen LogP contribution in [-0.2, 0) is 16.1 Å². The first-order valence-electron chi connectivity index (χ1n) is 8.71. The van der Waals surface area contributed by atoms with E-state index >= 15 is 0 Å². The molecule has 3 aromatic rings. The van der Waals surface area contributed by atoms with E-state index in [0.29, 0.717) is 35.3 Å². The van der Waals surface area contributed by atoms with E-state index < -0.39 is 0 Å². The number of carbonyl (C=O) groups is 1. The smallest absolute Gasteiger partial charge is 0.286 e. The van der Waals surface area contributed by atoms with Gasteiger partial charge < -0.3 is 14.0 Å². The van der Waals surface area contributed by atoms with Crippen molar-refractivity contribution in [3.05, 3.63) is 57.9 Å². The predicted octanol–water partition coefficient (Wildman–Crippen LogP) is 4.21. The maximum atomic E-state index is 12.3. The molecule has 0 fully saturated rings. The number of hydrogen-bond donors (Lipinski definition) is 0. The van der Waals surface area contributed by atoms with Crippen molar-refractivity contribution in [2.75, 3.05) is 19.8 Å². The van der Waals surface area contributed by atoms with Crippen molar-refractivity contribution in [3.63, 3.8) is 0 Å². The molecule has 0 N–H and O–H groups in total. The molecule has 0 bridgehead atoms. The van der Waals surface area contributed by atoms with Crippen molar-refractivity contribution in [3.8, 4) is 5.75 Å². The number of aryl methyl sites for hydroxylation is 1. The molecule has 1 amide bonds. The molecule has 1 aromatic heterocycles. The van der Waals surface area contributed by atoms with Crippen LogP contribution in [0.15, 0.2) is 47.5 Å². The number of ether oxygens (including phenoxy) is 2. The summed E-state index contributed by atoms with van der Waals surface area (Å²) in [4.78, 5) is 17.2. The third-order valence-electron chi connectivity index (χ3n) is 4.02. The monoisotopic (exact) mass is 404 g/mol. The van der Waals surface area contributed by atoms with Gasteiger partial charge in [-0.25, -0.2) is 0 Å². The molecule has 0 unspecified atom stereocenters. The quantitative estimate of drug-likeness (QED) is 0.554. The Morgan fingerprint density at radius 2 is 2.00 bits per heavy atom. The van der Waals surface area contributed by atoms with E-state index in [1.54, 1.807) is 12.1 Å². The van der Waals surface area contributed by atoms with Crippen molar-refractivity contribution in [1.82, 2.24) is 4.57 Å². The van der Waals surface area contributed by atoms with Gasteiger partial charge in [0.05, 0.1) is 16.8 Å². The number of benzene rings is 2. The van der Waals surface area contributed by atoms with E-state index in [1.807, 2.05) is 48.7 Å². The Morgan fingerprint density at radius 1 is 1.22 bits per heavy atom. The fourth-order valence-corrected chi connectivity index (χ4v) is 3.99. The molecule has 142 valence electrons. The molecule has 0 saturated heterocycles. The number of carbonyl (C=O) groups excluding carboxylic acids is 1. The molecule has 0 spiro atoms. The number of amides is 1. The molecule has 0 radical (unpaired) electrons. The standard InChI is InChI=1S/C20H21ClN2O3S/c1-3-25-12-11-23-19-14(2)16(21)9-10-17(19)27-20(23)22-18(24)13-26-15-7-5-4-6-8-15/h4-10H,3,11-13H2,1-2H3. The fourth-order valence-electron chi connectivity index (χ4n) is 2.71. The lowest BCUT2D eigenvalue weighted by molar-refractivity contribution is -0.120. The minimum Gasteiger partial charge on any atom is -0.484 e. The van der Waals surface area contributed by atoms with E-state index in [0.717, 1.165) is 15.8 Å². The highest BCUT2D eigenvalue weighted by Gasteiger charge is 2.12. The molecule has 1 heterocycles. The van der Waals surface area contributed by atoms with Crippen LogP contribution in [0, 0.1) is 6.92 Å². The van der Waals surface area contributed by atoms with Gasteiger partial charge in [0.15, 0.2) is 11.4 Å². The number of thiazole rings is 1. The molecule has 0 aliphatic carbocycles. The summed E-state index contributed by atoms with van der Waals surface area (Å²) < 4.78 is 14.0. The lowest BCUT2D eigenvalue weighted by Crippen LogP contribution is -2.21. The molecule has 5 nitrogen and oxygen atoms in total. The van der Waals surface area contributed by atoms with Gasteiger partial charge in [-0.15, -0.1) is 0 Å². The topological polar surface area (TPSA) is 52.8 Å². The van der Waals surface area contributed by atoms with Crippen LogP contribution in [0.25, 0.3) is 10.2 Å². The highest BCUT2D eigenvalue weighted by molar-refractivity contribution is 7.16. The highest BCUT2D eigenvalue weighted by Crippen LogP contribution is 2.27. The summed E-state index contributed by atoms with van der Waals surface area (Å²) in [5, 5.41) is 0.691. The molecule has 27 heavy (non-hydrogen) atoms. The maximum Gasteiger partial charge on any atom is 0.286 e.